The molecule has 0 radical (unpaired) electrons. The maximum absolute atomic E-state index is 5.55. The smallest absolute Gasteiger partial charge is 0.122 e. The molecule has 0 bridgehead atoms. The van der Waals surface area contributed by atoms with Crippen LogP contribution in [0.4, 0.5) is 0 Å². The first kappa shape index (κ1) is 13.3. The highest BCUT2D eigenvalue weighted by Crippen LogP contribution is 2.28. The molecule has 1 aliphatic heterocycles. The summed E-state index contributed by atoms with van der Waals surface area (Å²) in [4.78, 5) is 0. The minimum Gasteiger partial charge on any atom is -0.493 e. The van der Waals surface area contributed by atoms with Gasteiger partial charge < -0.3 is 10.1 Å². The standard InChI is InChI=1S/C16H23NOS/c1-19-15-5-3-14(4-6-15)17-11-12-2-7-16-13(10-12)8-9-18-16/h2,7,10,14-15,17H,3-6,8-9,11H2,1H3. The zero-order chi connectivity index (χ0) is 13.1. The van der Waals surface area contributed by atoms with E-state index in [0.717, 1.165) is 30.6 Å². The van der Waals surface area contributed by atoms with Gasteiger partial charge in [0.05, 0.1) is 6.61 Å². The molecule has 0 amide bonds. The van der Waals surface area contributed by atoms with Gasteiger partial charge in [0.2, 0.25) is 0 Å². The summed E-state index contributed by atoms with van der Waals surface area (Å²) in [7, 11) is 0. The Morgan fingerprint density at radius 3 is 2.89 bits per heavy atom. The maximum Gasteiger partial charge on any atom is 0.122 e. The Kier molecular flexibility index (Phi) is 4.34. The first-order valence-corrected chi connectivity index (χ1v) is 8.65. The molecule has 1 saturated carbocycles. The first-order chi connectivity index (χ1) is 9.35. The summed E-state index contributed by atoms with van der Waals surface area (Å²) in [6.45, 7) is 1.85. The van der Waals surface area contributed by atoms with Gasteiger partial charge in [0.1, 0.15) is 5.75 Å². The van der Waals surface area contributed by atoms with Gasteiger partial charge in [0.25, 0.3) is 0 Å². The van der Waals surface area contributed by atoms with Crippen LogP contribution in [-0.2, 0) is 13.0 Å². The number of benzene rings is 1. The highest BCUT2D eigenvalue weighted by Gasteiger charge is 2.20. The molecule has 104 valence electrons. The molecule has 0 spiro atoms. The van der Waals surface area contributed by atoms with Crippen molar-refractivity contribution in [3.8, 4) is 5.75 Å². The molecule has 2 nitrogen and oxygen atoms in total. The number of ether oxygens (including phenoxy) is 1. The first-order valence-electron chi connectivity index (χ1n) is 7.36. The van der Waals surface area contributed by atoms with Gasteiger partial charge in [-0.25, -0.2) is 0 Å². The quantitative estimate of drug-likeness (QED) is 0.911. The van der Waals surface area contributed by atoms with Gasteiger partial charge in [-0.2, -0.15) is 11.8 Å². The predicted octanol–water partition coefficient (Wildman–Crippen LogP) is 3.39. The van der Waals surface area contributed by atoms with Crippen LogP contribution in [0, 0.1) is 0 Å². The van der Waals surface area contributed by atoms with Crippen LogP contribution in [0.5, 0.6) is 5.75 Å². The van der Waals surface area contributed by atoms with Gasteiger partial charge >= 0.3 is 0 Å². The van der Waals surface area contributed by atoms with E-state index in [1.807, 2.05) is 11.8 Å². The Hall–Kier alpha value is -0.670. The highest BCUT2D eigenvalue weighted by molar-refractivity contribution is 7.99. The van der Waals surface area contributed by atoms with Crippen molar-refractivity contribution in [3.63, 3.8) is 0 Å². The molecule has 0 unspecified atom stereocenters. The average Bonchev–Trinajstić information content (AvgIpc) is 2.93. The summed E-state index contributed by atoms with van der Waals surface area (Å²) in [6.07, 6.45) is 8.72. The van der Waals surface area contributed by atoms with E-state index in [9.17, 15) is 0 Å². The van der Waals surface area contributed by atoms with Crippen molar-refractivity contribution in [1.29, 1.82) is 0 Å². The van der Waals surface area contributed by atoms with Gasteiger partial charge in [0, 0.05) is 24.3 Å². The molecule has 0 aromatic heterocycles. The number of fused-ring (bicyclic) bond motifs is 1. The number of hydrogen-bond donors (Lipinski definition) is 1. The van der Waals surface area contributed by atoms with Crippen LogP contribution in [0.15, 0.2) is 18.2 Å². The minimum atomic E-state index is 0.716. The molecule has 19 heavy (non-hydrogen) atoms. The van der Waals surface area contributed by atoms with Crippen LogP contribution in [-0.4, -0.2) is 24.2 Å². The molecule has 1 fully saturated rings. The fourth-order valence-corrected chi connectivity index (χ4v) is 3.86. The molecular formula is C16H23NOS. The van der Waals surface area contributed by atoms with Crippen LogP contribution in [0.3, 0.4) is 0 Å². The van der Waals surface area contributed by atoms with E-state index in [2.05, 4.69) is 29.8 Å². The summed E-state index contributed by atoms with van der Waals surface area (Å²) in [5.41, 5.74) is 2.78. The lowest BCUT2D eigenvalue weighted by Crippen LogP contribution is -2.33. The molecule has 0 saturated heterocycles. The zero-order valence-electron chi connectivity index (χ0n) is 11.7. The van der Waals surface area contributed by atoms with E-state index >= 15 is 0 Å². The van der Waals surface area contributed by atoms with Gasteiger partial charge in [-0.1, -0.05) is 12.1 Å². The third-order valence-corrected chi connectivity index (χ3v) is 5.49. The van der Waals surface area contributed by atoms with Crippen LogP contribution in [0.2, 0.25) is 0 Å². The fourth-order valence-electron chi connectivity index (χ4n) is 3.11. The van der Waals surface area contributed by atoms with Crippen molar-refractivity contribution in [1.82, 2.24) is 5.32 Å². The van der Waals surface area contributed by atoms with Gasteiger partial charge in [-0.05, 0) is 49.1 Å². The number of nitrogens with one attached hydrogen (secondary N) is 1. The molecular weight excluding hydrogens is 254 g/mol. The van der Waals surface area contributed by atoms with Crippen LogP contribution < -0.4 is 10.1 Å². The van der Waals surface area contributed by atoms with Crippen molar-refractivity contribution in [2.75, 3.05) is 12.9 Å². The largest absolute Gasteiger partial charge is 0.493 e. The second-order valence-electron chi connectivity index (χ2n) is 5.63. The highest BCUT2D eigenvalue weighted by atomic mass is 32.2. The second kappa shape index (κ2) is 6.19. The van der Waals surface area contributed by atoms with Gasteiger partial charge in [-0.15, -0.1) is 0 Å². The third-order valence-electron chi connectivity index (χ3n) is 4.36. The Morgan fingerprint density at radius 1 is 1.26 bits per heavy atom. The summed E-state index contributed by atoms with van der Waals surface area (Å²) in [5, 5.41) is 4.62. The van der Waals surface area contributed by atoms with E-state index in [1.165, 1.54) is 36.8 Å². The molecule has 2 aliphatic rings. The van der Waals surface area contributed by atoms with Crippen LogP contribution in [0.1, 0.15) is 36.8 Å². The normalized spacial score (nSPS) is 25.9. The van der Waals surface area contributed by atoms with E-state index in [4.69, 9.17) is 4.74 Å². The van der Waals surface area contributed by atoms with E-state index in [-0.39, 0.29) is 0 Å². The zero-order valence-corrected chi connectivity index (χ0v) is 12.5. The molecule has 1 N–H and O–H groups in total. The lowest BCUT2D eigenvalue weighted by Gasteiger charge is -2.28. The number of rotatable bonds is 4. The summed E-state index contributed by atoms with van der Waals surface area (Å²) < 4.78 is 5.55. The van der Waals surface area contributed by atoms with Crippen molar-refractivity contribution >= 4 is 11.8 Å². The van der Waals surface area contributed by atoms with Gasteiger partial charge in [-0.3, -0.25) is 0 Å². The van der Waals surface area contributed by atoms with E-state index < -0.39 is 0 Å². The molecule has 0 atom stereocenters. The average molecular weight is 277 g/mol. The summed E-state index contributed by atoms with van der Waals surface area (Å²) in [5.74, 6) is 1.09. The Balaban J connectivity index is 1.50. The molecule has 1 aliphatic carbocycles. The third kappa shape index (κ3) is 3.26. The second-order valence-corrected chi connectivity index (χ2v) is 6.77. The Labute approximate surface area is 120 Å². The monoisotopic (exact) mass is 277 g/mol. The Morgan fingerprint density at radius 2 is 2.11 bits per heavy atom. The van der Waals surface area contributed by atoms with Crippen molar-refractivity contribution in [2.45, 2.75) is 49.9 Å². The fraction of sp³-hybridized carbons (Fsp3) is 0.625. The Bertz CT molecular complexity index is 427. The van der Waals surface area contributed by atoms with Crippen molar-refractivity contribution < 1.29 is 4.74 Å². The summed E-state index contributed by atoms with van der Waals surface area (Å²) >= 11 is 2.03. The molecule has 3 rings (SSSR count). The topological polar surface area (TPSA) is 21.3 Å². The molecule has 1 aromatic rings. The summed E-state index contributed by atoms with van der Waals surface area (Å²) in [6, 6.07) is 7.35. The molecule has 3 heteroatoms. The SMILES string of the molecule is CSC1CCC(NCc2ccc3c(c2)CCO3)CC1. The van der Waals surface area contributed by atoms with Crippen molar-refractivity contribution in [2.24, 2.45) is 0 Å². The van der Waals surface area contributed by atoms with E-state index in [0.29, 0.717) is 6.04 Å². The molecule has 1 aromatic carbocycles. The predicted molar refractivity (Wildman–Crippen MR) is 82.0 cm³/mol. The van der Waals surface area contributed by atoms with Crippen LogP contribution in [0.25, 0.3) is 0 Å². The lowest BCUT2D eigenvalue weighted by molar-refractivity contribution is 0.356. The lowest BCUT2D eigenvalue weighted by atomic mass is 9.95. The number of hydrogen-bond acceptors (Lipinski definition) is 3. The minimum absolute atomic E-state index is 0.716. The van der Waals surface area contributed by atoms with Crippen molar-refractivity contribution in [3.05, 3.63) is 29.3 Å². The van der Waals surface area contributed by atoms with Gasteiger partial charge in [0.15, 0.2) is 0 Å². The van der Waals surface area contributed by atoms with Crippen LogP contribution >= 0.6 is 11.8 Å². The number of thioether (sulfide) groups is 1. The van der Waals surface area contributed by atoms with E-state index in [1.54, 1.807) is 0 Å². The maximum atomic E-state index is 5.55. The molecule has 1 heterocycles.